The predicted molar refractivity (Wildman–Crippen MR) is 87.6 cm³/mol. The number of carbonyl (C=O) groups excluding carboxylic acids is 3. The number of aromatic amines is 1. The maximum Gasteiger partial charge on any atom is 0.328 e. The number of ether oxygens (including phenoxy) is 1. The van der Waals surface area contributed by atoms with Gasteiger partial charge in [-0.05, 0) is 38.2 Å². The standard InChI is InChI=1S/C17H26N2O4/c1-7-12-14(11(5)20)10(4)18-15(12)16(21)19-13(8-9(2)3)17(22)23-6/h9,13,18H,7-8H2,1-6H3,(H,19,21). The minimum Gasteiger partial charge on any atom is -0.467 e. The molecule has 128 valence electrons. The summed E-state index contributed by atoms with van der Waals surface area (Å²) in [6.45, 7) is 9.06. The van der Waals surface area contributed by atoms with Gasteiger partial charge < -0.3 is 15.0 Å². The summed E-state index contributed by atoms with van der Waals surface area (Å²) in [5, 5.41) is 2.71. The highest BCUT2D eigenvalue weighted by Gasteiger charge is 2.27. The zero-order chi connectivity index (χ0) is 17.7. The first-order valence-corrected chi connectivity index (χ1v) is 7.83. The summed E-state index contributed by atoms with van der Waals surface area (Å²) < 4.78 is 4.76. The molecule has 0 saturated carbocycles. The molecule has 23 heavy (non-hydrogen) atoms. The normalized spacial score (nSPS) is 12.1. The van der Waals surface area contributed by atoms with Gasteiger partial charge in [-0.15, -0.1) is 0 Å². The molecule has 1 aromatic heterocycles. The number of amides is 1. The van der Waals surface area contributed by atoms with E-state index in [-0.39, 0.29) is 11.7 Å². The van der Waals surface area contributed by atoms with Crippen molar-refractivity contribution in [2.45, 2.75) is 53.5 Å². The number of ketones is 1. The van der Waals surface area contributed by atoms with Crippen molar-refractivity contribution >= 4 is 17.7 Å². The number of H-pyrrole nitrogens is 1. The molecular weight excluding hydrogens is 296 g/mol. The van der Waals surface area contributed by atoms with Gasteiger partial charge in [0.2, 0.25) is 0 Å². The Hall–Kier alpha value is -2.11. The molecule has 0 aliphatic rings. The van der Waals surface area contributed by atoms with Crippen molar-refractivity contribution in [3.8, 4) is 0 Å². The lowest BCUT2D eigenvalue weighted by Crippen LogP contribution is -2.42. The molecule has 1 aromatic rings. The molecule has 0 bridgehead atoms. The Kier molecular flexibility index (Phi) is 6.54. The van der Waals surface area contributed by atoms with Crippen LogP contribution >= 0.6 is 0 Å². The van der Waals surface area contributed by atoms with E-state index in [1.54, 1.807) is 6.92 Å². The fourth-order valence-electron chi connectivity index (χ4n) is 2.76. The monoisotopic (exact) mass is 322 g/mol. The highest BCUT2D eigenvalue weighted by molar-refractivity contribution is 6.03. The van der Waals surface area contributed by atoms with Crippen LogP contribution in [0.15, 0.2) is 0 Å². The Morgan fingerprint density at radius 1 is 1.26 bits per heavy atom. The van der Waals surface area contributed by atoms with Crippen molar-refractivity contribution in [1.29, 1.82) is 0 Å². The Morgan fingerprint density at radius 3 is 2.30 bits per heavy atom. The lowest BCUT2D eigenvalue weighted by atomic mass is 10.0. The van der Waals surface area contributed by atoms with Crippen LogP contribution < -0.4 is 5.32 Å². The summed E-state index contributed by atoms with van der Waals surface area (Å²) in [4.78, 5) is 39.2. The Balaban J connectivity index is 3.11. The first-order chi connectivity index (χ1) is 10.7. The number of aryl methyl sites for hydroxylation is 1. The largest absolute Gasteiger partial charge is 0.467 e. The number of aromatic nitrogens is 1. The van der Waals surface area contributed by atoms with Crippen LogP contribution in [-0.4, -0.2) is 35.8 Å². The number of esters is 1. The quantitative estimate of drug-likeness (QED) is 0.596. The van der Waals surface area contributed by atoms with E-state index in [1.807, 2.05) is 20.8 Å². The second-order valence-electron chi connectivity index (χ2n) is 6.07. The van der Waals surface area contributed by atoms with Crippen LogP contribution in [0.25, 0.3) is 0 Å². The zero-order valence-electron chi connectivity index (χ0n) is 14.7. The van der Waals surface area contributed by atoms with Crippen LogP contribution in [0.4, 0.5) is 0 Å². The van der Waals surface area contributed by atoms with Gasteiger partial charge in [0.1, 0.15) is 11.7 Å². The van der Waals surface area contributed by atoms with Gasteiger partial charge in [-0.1, -0.05) is 20.8 Å². The van der Waals surface area contributed by atoms with Crippen LogP contribution in [0.5, 0.6) is 0 Å². The number of nitrogens with one attached hydrogen (secondary N) is 2. The molecule has 6 nitrogen and oxygen atoms in total. The summed E-state index contributed by atoms with van der Waals surface area (Å²) >= 11 is 0. The Morgan fingerprint density at radius 2 is 1.87 bits per heavy atom. The molecular formula is C17H26N2O4. The smallest absolute Gasteiger partial charge is 0.328 e. The second-order valence-corrected chi connectivity index (χ2v) is 6.07. The Labute approximate surface area is 137 Å². The molecule has 0 spiro atoms. The van der Waals surface area contributed by atoms with Gasteiger partial charge in [0.25, 0.3) is 5.91 Å². The molecule has 0 aromatic carbocycles. The molecule has 1 heterocycles. The van der Waals surface area contributed by atoms with Gasteiger partial charge in [-0.3, -0.25) is 9.59 Å². The third-order valence-electron chi connectivity index (χ3n) is 3.72. The SMILES string of the molecule is CCc1c(C(=O)NC(CC(C)C)C(=O)OC)[nH]c(C)c1C(C)=O. The summed E-state index contributed by atoms with van der Waals surface area (Å²) in [5.41, 5.74) is 2.24. The number of Topliss-reactive ketones (excluding diaryl/α,β-unsaturated/α-hetero) is 1. The molecule has 1 unspecified atom stereocenters. The number of rotatable bonds is 7. The maximum atomic E-state index is 12.6. The van der Waals surface area contributed by atoms with Crippen molar-refractivity contribution in [3.63, 3.8) is 0 Å². The highest BCUT2D eigenvalue weighted by Crippen LogP contribution is 2.20. The Bertz CT molecular complexity index is 602. The number of hydrogen-bond acceptors (Lipinski definition) is 4. The van der Waals surface area contributed by atoms with Crippen molar-refractivity contribution in [2.75, 3.05) is 7.11 Å². The lowest BCUT2D eigenvalue weighted by molar-refractivity contribution is -0.143. The van der Waals surface area contributed by atoms with Crippen LogP contribution in [0.1, 0.15) is 66.2 Å². The molecule has 0 radical (unpaired) electrons. The molecule has 2 N–H and O–H groups in total. The van der Waals surface area contributed by atoms with Crippen LogP contribution in [0, 0.1) is 12.8 Å². The van der Waals surface area contributed by atoms with Crippen LogP contribution in [0.3, 0.4) is 0 Å². The van der Waals surface area contributed by atoms with E-state index in [1.165, 1.54) is 14.0 Å². The zero-order valence-corrected chi connectivity index (χ0v) is 14.7. The van der Waals surface area contributed by atoms with E-state index >= 15 is 0 Å². The van der Waals surface area contributed by atoms with E-state index in [9.17, 15) is 14.4 Å². The third kappa shape index (κ3) is 4.43. The van der Waals surface area contributed by atoms with Crippen LogP contribution in [-0.2, 0) is 16.0 Å². The van der Waals surface area contributed by atoms with Gasteiger partial charge in [0.05, 0.1) is 7.11 Å². The van der Waals surface area contributed by atoms with E-state index < -0.39 is 17.9 Å². The van der Waals surface area contributed by atoms with Gasteiger partial charge in [0.15, 0.2) is 5.78 Å². The molecule has 1 amide bonds. The van der Waals surface area contributed by atoms with Gasteiger partial charge in [-0.25, -0.2) is 4.79 Å². The summed E-state index contributed by atoms with van der Waals surface area (Å²) in [7, 11) is 1.30. The average molecular weight is 322 g/mol. The second kappa shape index (κ2) is 7.94. The van der Waals surface area contributed by atoms with Crippen molar-refractivity contribution in [3.05, 3.63) is 22.5 Å². The molecule has 0 aliphatic heterocycles. The first kappa shape index (κ1) is 18.9. The van der Waals surface area contributed by atoms with Gasteiger partial charge >= 0.3 is 5.97 Å². The molecule has 1 atom stereocenters. The fourth-order valence-corrected chi connectivity index (χ4v) is 2.76. The number of carbonyl (C=O) groups is 3. The summed E-state index contributed by atoms with van der Waals surface area (Å²) in [6.07, 6.45) is 1.04. The molecule has 0 fully saturated rings. The number of hydrogen-bond donors (Lipinski definition) is 2. The summed E-state index contributed by atoms with van der Waals surface area (Å²) in [6, 6.07) is -0.707. The molecule has 0 saturated heterocycles. The highest BCUT2D eigenvalue weighted by atomic mass is 16.5. The van der Waals surface area contributed by atoms with Gasteiger partial charge in [-0.2, -0.15) is 0 Å². The maximum absolute atomic E-state index is 12.6. The topological polar surface area (TPSA) is 88.3 Å². The fraction of sp³-hybridized carbons (Fsp3) is 0.588. The van der Waals surface area contributed by atoms with Crippen molar-refractivity contribution in [2.24, 2.45) is 5.92 Å². The van der Waals surface area contributed by atoms with Crippen LogP contribution in [0.2, 0.25) is 0 Å². The van der Waals surface area contributed by atoms with Crippen molar-refractivity contribution in [1.82, 2.24) is 10.3 Å². The third-order valence-corrected chi connectivity index (χ3v) is 3.72. The minimum absolute atomic E-state index is 0.0821. The van der Waals surface area contributed by atoms with E-state index in [2.05, 4.69) is 10.3 Å². The van der Waals surface area contributed by atoms with E-state index in [0.717, 1.165) is 0 Å². The van der Waals surface area contributed by atoms with Gasteiger partial charge in [0, 0.05) is 11.3 Å². The van der Waals surface area contributed by atoms with E-state index in [0.29, 0.717) is 35.4 Å². The molecule has 0 aliphatic carbocycles. The number of methoxy groups -OCH3 is 1. The average Bonchev–Trinajstić information content (AvgIpc) is 2.81. The minimum atomic E-state index is -0.707. The van der Waals surface area contributed by atoms with Crippen molar-refractivity contribution < 1.29 is 19.1 Å². The molecule has 1 rings (SSSR count). The summed E-state index contributed by atoms with van der Waals surface area (Å²) in [5.74, 6) is -0.724. The van der Waals surface area contributed by atoms with E-state index in [4.69, 9.17) is 4.74 Å². The first-order valence-electron chi connectivity index (χ1n) is 7.83. The lowest BCUT2D eigenvalue weighted by Gasteiger charge is -2.18. The predicted octanol–water partition coefficient (Wildman–Crippen LogP) is 2.41. The molecule has 6 heteroatoms.